The average molecular weight is 396 g/mol. The molecule has 2 heterocycles. The second-order valence-electron chi connectivity index (χ2n) is 6.87. The van der Waals surface area contributed by atoms with Gasteiger partial charge in [0, 0.05) is 10.8 Å². The van der Waals surface area contributed by atoms with E-state index in [1.54, 1.807) is 13.8 Å². The zero-order valence-corrected chi connectivity index (χ0v) is 16.7. The third kappa shape index (κ3) is 3.93. The summed E-state index contributed by atoms with van der Waals surface area (Å²) in [6.07, 6.45) is 2.17. The van der Waals surface area contributed by atoms with Gasteiger partial charge in [-0.05, 0) is 46.1 Å². The van der Waals surface area contributed by atoms with Crippen LogP contribution in [0.2, 0.25) is 0 Å². The van der Waals surface area contributed by atoms with E-state index in [9.17, 15) is 9.59 Å². The van der Waals surface area contributed by atoms with Crippen molar-refractivity contribution in [2.75, 3.05) is 11.1 Å². The van der Waals surface area contributed by atoms with Crippen molar-refractivity contribution in [1.82, 2.24) is 10.1 Å². The van der Waals surface area contributed by atoms with Gasteiger partial charge in [0.05, 0.1) is 11.3 Å². The summed E-state index contributed by atoms with van der Waals surface area (Å²) in [5.41, 5.74) is 1.75. The first kappa shape index (κ1) is 18.9. The number of anilines is 1. The Balaban J connectivity index is 1.76. The molecule has 140 valence electrons. The van der Waals surface area contributed by atoms with Gasteiger partial charge in [-0.15, -0.1) is 23.1 Å². The molecule has 1 fully saturated rings. The first-order valence-corrected chi connectivity index (χ1v) is 10.1. The molecule has 1 aliphatic rings. The van der Waals surface area contributed by atoms with Crippen molar-refractivity contribution in [2.45, 2.75) is 51.2 Å². The van der Waals surface area contributed by atoms with Gasteiger partial charge in [0.15, 0.2) is 5.82 Å². The van der Waals surface area contributed by atoms with E-state index in [-0.39, 0.29) is 11.7 Å². The number of carboxylic acid groups (broad SMARTS) is 1. The lowest BCUT2D eigenvalue weighted by Gasteiger charge is -2.17. The van der Waals surface area contributed by atoms with Crippen molar-refractivity contribution in [1.29, 1.82) is 0 Å². The molecule has 26 heavy (non-hydrogen) atoms. The molecule has 0 aromatic carbocycles. The summed E-state index contributed by atoms with van der Waals surface area (Å²) in [6.45, 7) is 7.09. The van der Waals surface area contributed by atoms with E-state index in [0.29, 0.717) is 16.8 Å². The molecule has 3 rings (SSSR count). The minimum absolute atomic E-state index is 0.0475. The van der Waals surface area contributed by atoms with Gasteiger partial charge >= 0.3 is 5.97 Å². The maximum atomic E-state index is 12.3. The fourth-order valence-corrected chi connectivity index (χ4v) is 4.04. The van der Waals surface area contributed by atoms with E-state index in [1.807, 2.05) is 13.8 Å². The third-order valence-corrected chi connectivity index (χ3v) is 6.74. The van der Waals surface area contributed by atoms with Crippen molar-refractivity contribution in [3.05, 3.63) is 16.3 Å². The molecule has 0 saturated heterocycles. The maximum Gasteiger partial charge on any atom is 0.319 e. The highest BCUT2D eigenvalue weighted by atomic mass is 32.2. The van der Waals surface area contributed by atoms with E-state index in [4.69, 9.17) is 9.63 Å². The van der Waals surface area contributed by atoms with E-state index in [0.717, 1.165) is 46.4 Å². The molecular weight excluding hydrogens is 374 g/mol. The molecule has 0 aliphatic heterocycles. The Morgan fingerprint density at radius 3 is 2.69 bits per heavy atom. The Bertz CT molecular complexity index is 852. The summed E-state index contributed by atoms with van der Waals surface area (Å²) in [4.78, 5) is 29.0. The lowest BCUT2D eigenvalue weighted by atomic mass is 10.1. The van der Waals surface area contributed by atoms with Crippen LogP contribution < -0.4 is 5.32 Å². The molecule has 7 nitrogen and oxygen atoms in total. The van der Waals surface area contributed by atoms with Crippen LogP contribution in [0.4, 0.5) is 5.00 Å². The molecule has 1 amide bonds. The van der Waals surface area contributed by atoms with Crippen LogP contribution in [0.3, 0.4) is 0 Å². The summed E-state index contributed by atoms with van der Waals surface area (Å²) in [5, 5.41) is 16.7. The number of aliphatic carboxylic acids is 1. The third-order valence-electron chi connectivity index (χ3n) is 4.32. The predicted molar refractivity (Wildman–Crippen MR) is 102 cm³/mol. The molecule has 0 radical (unpaired) electrons. The summed E-state index contributed by atoms with van der Waals surface area (Å²) >= 11 is 2.54. The zero-order chi connectivity index (χ0) is 19.1. The highest BCUT2D eigenvalue weighted by Gasteiger charge is 2.31. The fraction of sp³-hybridized carbons (Fsp3) is 0.529. The zero-order valence-electron chi connectivity index (χ0n) is 15.1. The topological polar surface area (TPSA) is 105 Å². The molecule has 2 aromatic rings. The van der Waals surface area contributed by atoms with Gasteiger partial charge < -0.3 is 14.9 Å². The molecule has 0 unspecified atom stereocenters. The van der Waals surface area contributed by atoms with Crippen LogP contribution >= 0.6 is 23.1 Å². The summed E-state index contributed by atoms with van der Waals surface area (Å²) in [7, 11) is 0. The normalized spacial score (nSPS) is 14.5. The SMILES string of the molecule is Cc1sc(NC(=O)CSC(C)(C)C(=O)O)c(-c2nc(C3CC3)no2)c1C. The highest BCUT2D eigenvalue weighted by molar-refractivity contribution is 8.02. The molecule has 2 N–H and O–H groups in total. The van der Waals surface area contributed by atoms with Gasteiger partial charge in [0.25, 0.3) is 5.89 Å². The minimum Gasteiger partial charge on any atom is -0.480 e. The van der Waals surface area contributed by atoms with Crippen LogP contribution in [0.15, 0.2) is 4.52 Å². The number of carbonyl (C=O) groups is 2. The second kappa shape index (κ2) is 7.03. The van der Waals surface area contributed by atoms with Gasteiger partial charge in [0.2, 0.25) is 5.91 Å². The van der Waals surface area contributed by atoms with Crippen molar-refractivity contribution in [3.8, 4) is 11.5 Å². The number of hydrogen-bond donors (Lipinski definition) is 2. The Morgan fingerprint density at radius 1 is 1.38 bits per heavy atom. The standard InChI is InChI=1S/C17H21N3O4S2/c1-8-9(2)26-15(18-11(21)7-25-17(3,4)16(22)23)12(8)14-19-13(20-24-14)10-5-6-10/h10H,5-7H2,1-4H3,(H,18,21)(H,22,23). The van der Waals surface area contributed by atoms with E-state index in [1.165, 1.54) is 11.3 Å². The van der Waals surface area contributed by atoms with Gasteiger partial charge in [-0.25, -0.2) is 0 Å². The largest absolute Gasteiger partial charge is 0.480 e. The number of nitrogens with zero attached hydrogens (tertiary/aromatic N) is 2. The van der Waals surface area contributed by atoms with Gasteiger partial charge in [0.1, 0.15) is 9.75 Å². The lowest BCUT2D eigenvalue weighted by molar-refractivity contribution is -0.138. The Labute approximate surface area is 159 Å². The maximum absolute atomic E-state index is 12.3. The number of hydrogen-bond acceptors (Lipinski definition) is 7. The van der Waals surface area contributed by atoms with Crippen LogP contribution in [0, 0.1) is 13.8 Å². The van der Waals surface area contributed by atoms with Crippen molar-refractivity contribution < 1.29 is 19.2 Å². The first-order chi connectivity index (χ1) is 12.2. The number of carboxylic acids is 1. The van der Waals surface area contributed by atoms with Crippen molar-refractivity contribution in [3.63, 3.8) is 0 Å². The number of thiophene rings is 1. The number of amides is 1. The van der Waals surface area contributed by atoms with Crippen LogP contribution in [-0.4, -0.2) is 37.6 Å². The lowest BCUT2D eigenvalue weighted by Crippen LogP contribution is -2.29. The molecule has 1 saturated carbocycles. The molecule has 2 aromatic heterocycles. The second-order valence-corrected chi connectivity index (χ2v) is 9.69. The summed E-state index contributed by atoms with van der Waals surface area (Å²) in [6, 6.07) is 0. The molecular formula is C17H21N3O4S2. The van der Waals surface area contributed by atoms with E-state index >= 15 is 0 Å². The summed E-state index contributed by atoms with van der Waals surface area (Å²) < 4.78 is 4.40. The number of aryl methyl sites for hydroxylation is 1. The van der Waals surface area contributed by atoms with Crippen molar-refractivity contribution in [2.24, 2.45) is 0 Å². The Kier molecular flexibility index (Phi) is 5.12. The molecule has 1 aliphatic carbocycles. The number of aromatic nitrogens is 2. The molecule has 9 heteroatoms. The van der Waals surface area contributed by atoms with Crippen LogP contribution in [-0.2, 0) is 9.59 Å². The van der Waals surface area contributed by atoms with Crippen LogP contribution in [0.1, 0.15) is 48.9 Å². The minimum atomic E-state index is -1.02. The number of rotatable bonds is 7. The Hall–Kier alpha value is -1.87. The highest BCUT2D eigenvalue weighted by Crippen LogP contribution is 2.42. The monoisotopic (exact) mass is 395 g/mol. The number of thioether (sulfide) groups is 1. The Morgan fingerprint density at radius 2 is 2.08 bits per heavy atom. The van der Waals surface area contributed by atoms with E-state index in [2.05, 4.69) is 15.5 Å². The van der Waals surface area contributed by atoms with Gasteiger partial charge in [-0.1, -0.05) is 5.16 Å². The molecule has 0 bridgehead atoms. The smallest absolute Gasteiger partial charge is 0.319 e. The average Bonchev–Trinajstić information content (AvgIpc) is 3.24. The van der Waals surface area contributed by atoms with Gasteiger partial charge in [-0.2, -0.15) is 4.98 Å². The van der Waals surface area contributed by atoms with Gasteiger partial charge in [-0.3, -0.25) is 9.59 Å². The van der Waals surface area contributed by atoms with E-state index < -0.39 is 10.7 Å². The molecule has 0 atom stereocenters. The predicted octanol–water partition coefficient (Wildman–Crippen LogP) is 3.83. The van der Waals surface area contributed by atoms with Crippen molar-refractivity contribution >= 4 is 40.0 Å². The van der Waals surface area contributed by atoms with Crippen LogP contribution in [0.5, 0.6) is 0 Å². The first-order valence-electron chi connectivity index (χ1n) is 8.30. The summed E-state index contributed by atoms with van der Waals surface area (Å²) in [5.74, 6) is 0.374. The quantitative estimate of drug-likeness (QED) is 0.734. The number of nitrogens with one attached hydrogen (secondary N) is 1. The molecule has 0 spiro atoms. The van der Waals surface area contributed by atoms with Crippen LogP contribution in [0.25, 0.3) is 11.5 Å². The fourth-order valence-electron chi connectivity index (χ4n) is 2.29. The number of carbonyl (C=O) groups excluding carboxylic acids is 1.